The monoisotopic (exact) mass is 372 g/mol. The van der Waals surface area contributed by atoms with Crippen LogP contribution < -0.4 is 5.73 Å². The number of nitrogens with two attached hydrogens (primary N) is 1. The van der Waals surface area contributed by atoms with Gasteiger partial charge in [0.25, 0.3) is 5.69 Å². The fraction of sp³-hybridized carbons (Fsp3) is 0.154. The lowest BCUT2D eigenvalue weighted by Crippen LogP contribution is -2.05. The fourth-order valence-electron chi connectivity index (χ4n) is 1.91. The van der Waals surface area contributed by atoms with Crippen LogP contribution in [0.2, 0.25) is 0 Å². The molecule has 23 heavy (non-hydrogen) atoms. The molecule has 0 amide bonds. The molecule has 0 saturated carbocycles. The van der Waals surface area contributed by atoms with Crippen molar-refractivity contribution in [2.45, 2.75) is 16.7 Å². The number of nitrogens with zero attached hydrogens (tertiary/aromatic N) is 1. The largest absolute Gasteiger partial charge is 0.486 e. The van der Waals surface area contributed by atoms with Gasteiger partial charge >= 0.3 is 0 Å². The number of nitrogen functional groups attached to an aromatic ring is 1. The number of hydrogen-bond donors (Lipinski definition) is 1. The fourth-order valence-corrected chi connectivity index (χ4v) is 4.87. The predicted molar refractivity (Wildman–Crippen MR) is 90.7 cm³/mol. The van der Waals surface area contributed by atoms with E-state index in [4.69, 9.17) is 22.7 Å². The summed E-state index contributed by atoms with van der Waals surface area (Å²) in [5.74, 6) is 0. The zero-order valence-electron chi connectivity index (χ0n) is 12.1. The maximum atomic E-state index is 12.7. The predicted octanol–water partition coefficient (Wildman–Crippen LogP) is 2.70. The second kappa shape index (κ2) is 6.22. The van der Waals surface area contributed by atoms with E-state index in [-0.39, 0.29) is 20.5 Å². The van der Waals surface area contributed by atoms with Gasteiger partial charge in [0.05, 0.1) is 26.7 Å². The average Bonchev–Trinajstić information content (AvgIpc) is 2.89. The van der Waals surface area contributed by atoms with Crippen LogP contribution >= 0.6 is 23.6 Å². The minimum absolute atomic E-state index is 0.0379. The van der Waals surface area contributed by atoms with Crippen molar-refractivity contribution in [2.75, 3.05) is 12.8 Å². The van der Waals surface area contributed by atoms with E-state index in [1.54, 1.807) is 6.92 Å². The lowest BCUT2D eigenvalue weighted by molar-refractivity contribution is -0.384. The van der Waals surface area contributed by atoms with E-state index in [1.807, 2.05) is 0 Å². The average molecular weight is 372 g/mol. The number of aryl methyl sites for hydroxylation is 1. The van der Waals surface area contributed by atoms with Gasteiger partial charge in [0.1, 0.15) is 5.69 Å². The van der Waals surface area contributed by atoms with Crippen molar-refractivity contribution in [1.29, 1.82) is 0 Å². The number of thiocarbonyl (C=S) groups is 1. The summed E-state index contributed by atoms with van der Waals surface area (Å²) in [6.07, 6.45) is 0. The van der Waals surface area contributed by atoms with Crippen LogP contribution in [0.5, 0.6) is 0 Å². The van der Waals surface area contributed by atoms with Crippen molar-refractivity contribution in [3.63, 3.8) is 0 Å². The zero-order chi connectivity index (χ0) is 17.4. The Balaban J connectivity index is 2.59. The number of thiophene rings is 1. The quantitative estimate of drug-likeness (QED) is 0.380. The number of methoxy groups -OCH3 is 1. The first-order valence-electron chi connectivity index (χ1n) is 6.16. The Kier molecular flexibility index (Phi) is 4.68. The van der Waals surface area contributed by atoms with Gasteiger partial charge in [-0.15, -0.1) is 11.3 Å². The SMILES string of the molecule is COC(=S)c1cc(S(=O)(=O)c2ccc(N)c([N+](=O)[O-])c2)c(C)s1. The first-order valence-corrected chi connectivity index (χ1v) is 8.87. The Hall–Kier alpha value is -2.04. The van der Waals surface area contributed by atoms with Crippen molar-refractivity contribution >= 4 is 49.8 Å². The number of ether oxygens (including phenoxy) is 1. The summed E-state index contributed by atoms with van der Waals surface area (Å²) >= 11 is 6.17. The lowest BCUT2D eigenvalue weighted by atomic mass is 10.3. The minimum Gasteiger partial charge on any atom is -0.486 e. The highest BCUT2D eigenvalue weighted by atomic mass is 32.2. The molecule has 2 rings (SSSR count). The number of benzene rings is 1. The zero-order valence-corrected chi connectivity index (χ0v) is 14.5. The maximum Gasteiger partial charge on any atom is 0.293 e. The third kappa shape index (κ3) is 3.19. The van der Waals surface area contributed by atoms with Crippen molar-refractivity contribution in [3.8, 4) is 0 Å². The highest BCUT2D eigenvalue weighted by Crippen LogP contribution is 2.33. The van der Waals surface area contributed by atoms with Gasteiger partial charge in [-0.2, -0.15) is 0 Å². The van der Waals surface area contributed by atoms with Crippen LogP contribution in [-0.4, -0.2) is 25.5 Å². The molecule has 2 N–H and O–H groups in total. The van der Waals surface area contributed by atoms with E-state index in [0.717, 1.165) is 6.07 Å². The molecule has 1 heterocycles. The molecule has 2 aromatic rings. The van der Waals surface area contributed by atoms with Gasteiger partial charge < -0.3 is 10.5 Å². The van der Waals surface area contributed by atoms with Crippen LogP contribution in [0.4, 0.5) is 11.4 Å². The van der Waals surface area contributed by atoms with Crippen LogP contribution in [0.3, 0.4) is 0 Å². The molecule has 10 heteroatoms. The van der Waals surface area contributed by atoms with Gasteiger partial charge in [-0.25, -0.2) is 8.42 Å². The molecule has 122 valence electrons. The molecule has 0 radical (unpaired) electrons. The first kappa shape index (κ1) is 17.3. The molecule has 0 aliphatic heterocycles. The van der Waals surface area contributed by atoms with Gasteiger partial charge in [-0.1, -0.05) is 0 Å². The molecule has 0 unspecified atom stereocenters. The van der Waals surface area contributed by atoms with Crippen LogP contribution in [0.15, 0.2) is 34.1 Å². The number of rotatable bonds is 4. The smallest absolute Gasteiger partial charge is 0.293 e. The van der Waals surface area contributed by atoms with Gasteiger partial charge in [-0.05, 0) is 37.3 Å². The first-order chi connectivity index (χ1) is 10.7. The van der Waals surface area contributed by atoms with Crippen LogP contribution in [0.1, 0.15) is 9.75 Å². The van der Waals surface area contributed by atoms with Crippen molar-refractivity contribution < 1.29 is 18.1 Å². The summed E-state index contributed by atoms with van der Waals surface area (Å²) in [4.78, 5) is 11.1. The molecular weight excluding hydrogens is 360 g/mol. The maximum absolute atomic E-state index is 12.7. The lowest BCUT2D eigenvalue weighted by Gasteiger charge is -2.05. The molecule has 0 fully saturated rings. The van der Waals surface area contributed by atoms with E-state index in [9.17, 15) is 18.5 Å². The van der Waals surface area contributed by atoms with Crippen LogP contribution in [-0.2, 0) is 14.6 Å². The number of nitro groups is 1. The molecule has 7 nitrogen and oxygen atoms in total. The number of sulfone groups is 1. The Bertz CT molecular complexity index is 902. The Morgan fingerprint density at radius 3 is 2.61 bits per heavy atom. The molecule has 0 aliphatic carbocycles. The summed E-state index contributed by atoms with van der Waals surface area (Å²) in [5.41, 5.74) is 4.94. The van der Waals surface area contributed by atoms with E-state index >= 15 is 0 Å². The summed E-state index contributed by atoms with van der Waals surface area (Å²) in [5, 5.41) is 11.1. The highest BCUT2D eigenvalue weighted by molar-refractivity contribution is 7.91. The summed E-state index contributed by atoms with van der Waals surface area (Å²) < 4.78 is 30.4. The normalized spacial score (nSPS) is 11.2. The molecule has 0 spiro atoms. The number of anilines is 1. The molecular formula is C13H12N2O5S3. The van der Waals surface area contributed by atoms with Crippen LogP contribution in [0, 0.1) is 17.0 Å². The highest BCUT2D eigenvalue weighted by Gasteiger charge is 2.26. The van der Waals surface area contributed by atoms with E-state index in [1.165, 1.54) is 36.6 Å². The van der Waals surface area contributed by atoms with Gasteiger partial charge in [0.2, 0.25) is 14.9 Å². The van der Waals surface area contributed by atoms with Gasteiger partial charge in [-0.3, -0.25) is 10.1 Å². The van der Waals surface area contributed by atoms with E-state index < -0.39 is 20.4 Å². The molecule has 0 saturated heterocycles. The second-order valence-electron chi connectivity index (χ2n) is 4.50. The Labute approximate surface area is 141 Å². The minimum atomic E-state index is -3.93. The summed E-state index contributed by atoms with van der Waals surface area (Å²) in [6, 6.07) is 4.80. The van der Waals surface area contributed by atoms with Crippen molar-refractivity contribution in [1.82, 2.24) is 0 Å². The molecule has 1 aromatic heterocycles. The van der Waals surface area contributed by atoms with E-state index in [2.05, 4.69) is 0 Å². The molecule has 0 atom stereocenters. The van der Waals surface area contributed by atoms with E-state index in [0.29, 0.717) is 9.75 Å². The standard InChI is InChI=1S/C13H12N2O5S3/c1-7-12(6-11(22-7)13(21)20-2)23(18,19)8-3-4-9(14)10(5-8)15(16)17/h3-6H,14H2,1-2H3. The number of nitro benzene ring substituents is 1. The van der Waals surface area contributed by atoms with Gasteiger partial charge in [0.15, 0.2) is 0 Å². The third-order valence-electron chi connectivity index (χ3n) is 3.06. The van der Waals surface area contributed by atoms with Crippen molar-refractivity contribution in [2.24, 2.45) is 0 Å². The Morgan fingerprint density at radius 2 is 2.04 bits per heavy atom. The summed E-state index contributed by atoms with van der Waals surface area (Å²) in [7, 11) is -2.53. The Morgan fingerprint density at radius 1 is 1.39 bits per heavy atom. The summed E-state index contributed by atoms with van der Waals surface area (Å²) in [6.45, 7) is 1.63. The van der Waals surface area contributed by atoms with Crippen molar-refractivity contribution in [3.05, 3.63) is 44.1 Å². The van der Waals surface area contributed by atoms with Gasteiger partial charge in [0, 0.05) is 10.9 Å². The molecule has 0 bridgehead atoms. The second-order valence-corrected chi connectivity index (χ2v) is 8.05. The topological polar surface area (TPSA) is 113 Å². The number of hydrogen-bond acceptors (Lipinski definition) is 8. The van der Waals surface area contributed by atoms with Crippen LogP contribution in [0.25, 0.3) is 0 Å². The molecule has 1 aromatic carbocycles. The third-order valence-corrected chi connectivity index (χ3v) is 6.63. The molecule has 0 aliphatic rings.